The maximum Gasteiger partial charge on any atom is 0.204 e. The largest absolute Gasteiger partial charge is 0.374 e. The molecule has 0 fully saturated rings. The first kappa shape index (κ1) is 8.01. The predicted molar refractivity (Wildman–Crippen MR) is 41.6 cm³/mol. The van der Waals surface area contributed by atoms with E-state index in [1.54, 1.807) is 18.3 Å². The number of hydrogen-bond acceptors (Lipinski definition) is 2. The van der Waals surface area contributed by atoms with Crippen LogP contribution in [0.5, 0.6) is 0 Å². The molecule has 0 saturated carbocycles. The summed E-state index contributed by atoms with van der Waals surface area (Å²) in [7, 11) is 0. The fraction of sp³-hybridized carbons (Fsp3) is 0.375. The van der Waals surface area contributed by atoms with Crippen LogP contribution in [0.4, 0.5) is 0 Å². The minimum absolute atomic E-state index is 0.00292. The first-order chi connectivity index (χ1) is 5.34. The Morgan fingerprint density at radius 1 is 1.73 bits per heavy atom. The molecule has 60 valence electrons. The van der Waals surface area contributed by atoms with Crippen molar-refractivity contribution < 1.29 is 9.53 Å². The Hall–Kier alpha value is -1.09. The van der Waals surface area contributed by atoms with Crippen LogP contribution in [0.25, 0.3) is 0 Å². The van der Waals surface area contributed by atoms with E-state index in [9.17, 15) is 4.79 Å². The third-order valence-electron chi connectivity index (χ3n) is 1.34. The SMILES string of the molecule is CCOCC(=O)c1ccc[nH]1. The Labute approximate surface area is 65.4 Å². The third kappa shape index (κ3) is 2.20. The average Bonchev–Trinajstić information content (AvgIpc) is 2.52. The second kappa shape index (κ2) is 3.93. The van der Waals surface area contributed by atoms with Crippen molar-refractivity contribution in [3.63, 3.8) is 0 Å². The summed E-state index contributed by atoms with van der Waals surface area (Å²) in [5, 5.41) is 0. The molecule has 0 bridgehead atoms. The Morgan fingerprint density at radius 3 is 3.09 bits per heavy atom. The van der Waals surface area contributed by atoms with E-state index in [4.69, 9.17) is 4.74 Å². The van der Waals surface area contributed by atoms with Gasteiger partial charge >= 0.3 is 0 Å². The van der Waals surface area contributed by atoms with Gasteiger partial charge in [-0.2, -0.15) is 0 Å². The molecule has 0 unspecified atom stereocenters. The highest BCUT2D eigenvalue weighted by Gasteiger charge is 2.04. The second-order valence-corrected chi connectivity index (χ2v) is 2.14. The second-order valence-electron chi connectivity index (χ2n) is 2.14. The van der Waals surface area contributed by atoms with Crippen molar-refractivity contribution in [1.29, 1.82) is 0 Å². The van der Waals surface area contributed by atoms with Crippen molar-refractivity contribution in [2.75, 3.05) is 13.2 Å². The van der Waals surface area contributed by atoms with E-state index < -0.39 is 0 Å². The molecular formula is C8H11NO2. The molecule has 0 spiro atoms. The number of aromatic nitrogens is 1. The van der Waals surface area contributed by atoms with Crippen molar-refractivity contribution in [2.45, 2.75) is 6.92 Å². The lowest BCUT2D eigenvalue weighted by atomic mass is 10.3. The third-order valence-corrected chi connectivity index (χ3v) is 1.34. The van der Waals surface area contributed by atoms with Gasteiger partial charge in [-0.25, -0.2) is 0 Å². The van der Waals surface area contributed by atoms with Gasteiger partial charge in [-0.15, -0.1) is 0 Å². The summed E-state index contributed by atoms with van der Waals surface area (Å²) in [6, 6.07) is 3.53. The van der Waals surface area contributed by atoms with Gasteiger partial charge in [-0.05, 0) is 19.1 Å². The first-order valence-electron chi connectivity index (χ1n) is 3.59. The number of Topliss-reactive ketones (excluding diaryl/α,β-unsaturated/α-hetero) is 1. The van der Waals surface area contributed by atoms with Crippen molar-refractivity contribution >= 4 is 5.78 Å². The lowest BCUT2D eigenvalue weighted by Gasteiger charge is -1.96. The summed E-state index contributed by atoms with van der Waals surface area (Å²) in [5.74, 6) is -0.00292. The van der Waals surface area contributed by atoms with Crippen LogP contribution in [0, 0.1) is 0 Å². The van der Waals surface area contributed by atoms with E-state index in [1.807, 2.05) is 6.92 Å². The van der Waals surface area contributed by atoms with E-state index in [2.05, 4.69) is 4.98 Å². The predicted octanol–water partition coefficient (Wildman–Crippen LogP) is 1.23. The molecule has 3 heteroatoms. The smallest absolute Gasteiger partial charge is 0.204 e. The maximum absolute atomic E-state index is 11.1. The highest BCUT2D eigenvalue weighted by molar-refractivity contribution is 5.95. The van der Waals surface area contributed by atoms with Crippen LogP contribution in [0.2, 0.25) is 0 Å². The minimum Gasteiger partial charge on any atom is -0.374 e. The van der Waals surface area contributed by atoms with Crippen LogP contribution in [-0.4, -0.2) is 24.0 Å². The summed E-state index contributed by atoms with van der Waals surface area (Å²) in [4.78, 5) is 13.9. The van der Waals surface area contributed by atoms with Gasteiger partial charge in [0.2, 0.25) is 5.78 Å². The summed E-state index contributed by atoms with van der Waals surface area (Å²) in [6.45, 7) is 2.60. The maximum atomic E-state index is 11.1. The standard InChI is InChI=1S/C8H11NO2/c1-2-11-6-8(10)7-4-3-5-9-7/h3-5,9H,2,6H2,1H3. The molecule has 0 radical (unpaired) electrons. The monoisotopic (exact) mass is 153 g/mol. The number of aromatic amines is 1. The molecule has 0 saturated heterocycles. The number of H-pyrrole nitrogens is 1. The normalized spacial score (nSPS) is 9.91. The summed E-state index contributed by atoms with van der Waals surface area (Å²) in [6.07, 6.45) is 1.72. The molecule has 1 N–H and O–H groups in total. The number of carbonyl (C=O) groups excluding carboxylic acids is 1. The van der Waals surface area contributed by atoms with Crippen LogP contribution in [0.1, 0.15) is 17.4 Å². The van der Waals surface area contributed by atoms with Crippen molar-refractivity contribution in [3.05, 3.63) is 24.0 Å². The summed E-state index contributed by atoms with van der Waals surface area (Å²) >= 11 is 0. The highest BCUT2D eigenvalue weighted by Crippen LogP contribution is 1.95. The molecule has 11 heavy (non-hydrogen) atoms. The molecule has 1 aromatic heterocycles. The van der Waals surface area contributed by atoms with Gasteiger partial charge < -0.3 is 9.72 Å². The van der Waals surface area contributed by atoms with E-state index in [0.717, 1.165) is 0 Å². The number of rotatable bonds is 4. The molecular weight excluding hydrogens is 142 g/mol. The molecule has 1 aromatic rings. The zero-order chi connectivity index (χ0) is 8.10. The van der Waals surface area contributed by atoms with Crippen LogP contribution < -0.4 is 0 Å². The molecule has 0 aliphatic rings. The fourth-order valence-electron chi connectivity index (χ4n) is 0.776. The number of ether oxygens (including phenoxy) is 1. The van der Waals surface area contributed by atoms with E-state index in [-0.39, 0.29) is 12.4 Å². The van der Waals surface area contributed by atoms with Crippen LogP contribution >= 0.6 is 0 Å². The van der Waals surface area contributed by atoms with Gasteiger partial charge in [-0.3, -0.25) is 4.79 Å². The molecule has 3 nitrogen and oxygen atoms in total. The van der Waals surface area contributed by atoms with E-state index in [0.29, 0.717) is 12.3 Å². The molecule has 0 aliphatic heterocycles. The summed E-state index contributed by atoms with van der Waals surface area (Å²) < 4.78 is 4.95. The van der Waals surface area contributed by atoms with Crippen LogP contribution in [0.15, 0.2) is 18.3 Å². The lowest BCUT2D eigenvalue weighted by molar-refractivity contribution is 0.0779. The van der Waals surface area contributed by atoms with Crippen molar-refractivity contribution in [1.82, 2.24) is 4.98 Å². The van der Waals surface area contributed by atoms with Crippen molar-refractivity contribution in [3.8, 4) is 0 Å². The Bertz CT molecular complexity index is 216. The molecule has 1 rings (SSSR count). The van der Waals surface area contributed by atoms with Gasteiger partial charge in [0, 0.05) is 12.8 Å². The Morgan fingerprint density at radius 2 is 2.55 bits per heavy atom. The first-order valence-corrected chi connectivity index (χ1v) is 3.59. The van der Waals surface area contributed by atoms with E-state index in [1.165, 1.54) is 0 Å². The number of hydrogen-bond donors (Lipinski definition) is 1. The highest BCUT2D eigenvalue weighted by atomic mass is 16.5. The molecule has 0 amide bonds. The molecule has 0 atom stereocenters. The van der Waals surface area contributed by atoms with E-state index >= 15 is 0 Å². The van der Waals surface area contributed by atoms with Gasteiger partial charge in [0.15, 0.2) is 0 Å². The number of ketones is 1. The van der Waals surface area contributed by atoms with Crippen molar-refractivity contribution in [2.24, 2.45) is 0 Å². The fourth-order valence-corrected chi connectivity index (χ4v) is 0.776. The number of nitrogens with one attached hydrogen (secondary N) is 1. The quantitative estimate of drug-likeness (QED) is 0.661. The Kier molecular flexibility index (Phi) is 2.86. The lowest BCUT2D eigenvalue weighted by Crippen LogP contribution is -2.08. The minimum atomic E-state index is -0.00292. The number of carbonyl (C=O) groups is 1. The molecule has 1 heterocycles. The zero-order valence-corrected chi connectivity index (χ0v) is 6.46. The van der Waals surface area contributed by atoms with Crippen LogP contribution in [-0.2, 0) is 4.74 Å². The Balaban J connectivity index is 2.43. The molecule has 0 aliphatic carbocycles. The van der Waals surface area contributed by atoms with Gasteiger partial charge in [0.05, 0.1) is 5.69 Å². The molecule has 0 aromatic carbocycles. The summed E-state index contributed by atoms with van der Waals surface area (Å²) in [5.41, 5.74) is 0.610. The zero-order valence-electron chi connectivity index (χ0n) is 6.46. The van der Waals surface area contributed by atoms with Crippen LogP contribution in [0.3, 0.4) is 0 Å². The van der Waals surface area contributed by atoms with Gasteiger partial charge in [0.25, 0.3) is 0 Å². The van der Waals surface area contributed by atoms with Gasteiger partial charge in [0.1, 0.15) is 6.61 Å². The average molecular weight is 153 g/mol. The topological polar surface area (TPSA) is 42.1 Å². The van der Waals surface area contributed by atoms with Gasteiger partial charge in [-0.1, -0.05) is 0 Å².